The molecular weight excluding hydrogens is 260 g/mol. The minimum absolute atomic E-state index is 0.0231. The van der Waals surface area contributed by atoms with Crippen LogP contribution in [0.25, 0.3) is 10.8 Å². The number of hydrogen-bond donors (Lipinski definition) is 2. The largest absolute Gasteiger partial charge is 0.351 e. The van der Waals surface area contributed by atoms with Crippen LogP contribution in [0, 0.1) is 5.41 Å². The highest BCUT2D eigenvalue weighted by Crippen LogP contribution is 2.36. The molecule has 0 bridgehead atoms. The molecule has 2 atom stereocenters. The molecule has 0 heterocycles. The van der Waals surface area contributed by atoms with E-state index in [0.717, 1.165) is 24.8 Å². The van der Waals surface area contributed by atoms with Crippen molar-refractivity contribution in [2.24, 2.45) is 11.1 Å². The number of fused-ring (bicyclic) bond motifs is 1. The van der Waals surface area contributed by atoms with Crippen molar-refractivity contribution in [2.75, 3.05) is 0 Å². The first-order valence-electron chi connectivity index (χ1n) is 7.62. The summed E-state index contributed by atoms with van der Waals surface area (Å²) in [7, 11) is 0. The molecule has 2 aromatic carbocycles. The molecule has 2 aromatic rings. The summed E-state index contributed by atoms with van der Waals surface area (Å²) in [5.41, 5.74) is 6.85. The lowest BCUT2D eigenvalue weighted by atomic mass is 9.84. The van der Waals surface area contributed by atoms with E-state index >= 15 is 0 Å². The van der Waals surface area contributed by atoms with Gasteiger partial charge in [-0.1, -0.05) is 48.9 Å². The van der Waals surface area contributed by atoms with Gasteiger partial charge in [0.2, 0.25) is 5.91 Å². The van der Waals surface area contributed by atoms with E-state index < -0.39 is 5.41 Å². The zero-order valence-electron chi connectivity index (χ0n) is 12.4. The number of amides is 1. The van der Waals surface area contributed by atoms with E-state index in [-0.39, 0.29) is 11.9 Å². The molecule has 1 aliphatic rings. The molecule has 0 spiro atoms. The number of nitrogens with two attached hydrogens (primary N) is 1. The van der Waals surface area contributed by atoms with E-state index in [0.29, 0.717) is 6.54 Å². The second-order valence-corrected chi connectivity index (χ2v) is 6.24. The highest BCUT2D eigenvalue weighted by atomic mass is 16.2. The molecule has 3 N–H and O–H groups in total. The minimum atomic E-state index is -0.412. The Kier molecular flexibility index (Phi) is 3.68. The number of carbonyl (C=O) groups is 1. The minimum Gasteiger partial charge on any atom is -0.351 e. The maximum Gasteiger partial charge on any atom is 0.227 e. The van der Waals surface area contributed by atoms with Crippen LogP contribution in [0.15, 0.2) is 42.5 Å². The predicted molar refractivity (Wildman–Crippen MR) is 85.7 cm³/mol. The SMILES string of the molecule is CC1(C(=O)NCc2cccc3ccccc23)CCCC1N. The molecule has 0 saturated heterocycles. The van der Waals surface area contributed by atoms with Gasteiger partial charge in [-0.15, -0.1) is 0 Å². The van der Waals surface area contributed by atoms with E-state index in [1.807, 2.05) is 25.1 Å². The van der Waals surface area contributed by atoms with Crippen molar-refractivity contribution in [2.45, 2.75) is 38.8 Å². The molecule has 0 aromatic heterocycles. The molecule has 3 rings (SSSR count). The molecule has 21 heavy (non-hydrogen) atoms. The summed E-state index contributed by atoms with van der Waals surface area (Å²) in [5, 5.41) is 5.48. The number of carbonyl (C=O) groups excluding carboxylic acids is 1. The van der Waals surface area contributed by atoms with E-state index in [4.69, 9.17) is 5.73 Å². The Morgan fingerprint density at radius 3 is 2.81 bits per heavy atom. The van der Waals surface area contributed by atoms with E-state index in [2.05, 4.69) is 29.6 Å². The summed E-state index contributed by atoms with van der Waals surface area (Å²) in [4.78, 5) is 12.5. The van der Waals surface area contributed by atoms with Crippen molar-refractivity contribution < 1.29 is 4.79 Å². The normalized spacial score (nSPS) is 25.1. The van der Waals surface area contributed by atoms with Gasteiger partial charge in [-0.25, -0.2) is 0 Å². The van der Waals surface area contributed by atoms with Gasteiger partial charge in [-0.05, 0) is 36.1 Å². The Bertz CT molecular complexity index is 662. The monoisotopic (exact) mass is 282 g/mol. The standard InChI is InChI=1S/C18H22N2O/c1-18(11-5-10-16(18)19)17(21)20-12-14-8-4-7-13-6-2-3-9-15(13)14/h2-4,6-9,16H,5,10-12,19H2,1H3,(H,20,21). The van der Waals surface area contributed by atoms with Crippen LogP contribution < -0.4 is 11.1 Å². The van der Waals surface area contributed by atoms with Gasteiger partial charge in [0, 0.05) is 12.6 Å². The van der Waals surface area contributed by atoms with Crippen molar-refractivity contribution in [3.8, 4) is 0 Å². The van der Waals surface area contributed by atoms with Crippen LogP contribution in [-0.4, -0.2) is 11.9 Å². The molecule has 3 heteroatoms. The summed E-state index contributed by atoms with van der Waals surface area (Å²) in [6.45, 7) is 2.55. The fourth-order valence-corrected chi connectivity index (χ4v) is 3.30. The quantitative estimate of drug-likeness (QED) is 0.909. The maximum absolute atomic E-state index is 12.5. The molecule has 1 amide bonds. The lowest BCUT2D eigenvalue weighted by molar-refractivity contribution is -0.130. The van der Waals surface area contributed by atoms with Gasteiger partial charge in [0.1, 0.15) is 0 Å². The Hall–Kier alpha value is -1.87. The summed E-state index contributed by atoms with van der Waals surface area (Å²) >= 11 is 0. The van der Waals surface area contributed by atoms with E-state index in [1.165, 1.54) is 10.8 Å². The predicted octanol–water partition coefficient (Wildman–Crippen LogP) is 2.97. The number of nitrogens with one attached hydrogen (secondary N) is 1. The van der Waals surface area contributed by atoms with Crippen molar-refractivity contribution in [3.63, 3.8) is 0 Å². The molecule has 1 fully saturated rings. The lowest BCUT2D eigenvalue weighted by Crippen LogP contribution is -2.47. The van der Waals surface area contributed by atoms with Gasteiger partial charge in [0.05, 0.1) is 5.41 Å². The van der Waals surface area contributed by atoms with Crippen LogP contribution in [-0.2, 0) is 11.3 Å². The summed E-state index contributed by atoms with van der Waals surface area (Å²) in [5.74, 6) is 0.0837. The fourth-order valence-electron chi connectivity index (χ4n) is 3.30. The highest BCUT2D eigenvalue weighted by molar-refractivity contribution is 5.87. The first-order chi connectivity index (χ1) is 10.1. The zero-order valence-corrected chi connectivity index (χ0v) is 12.4. The second-order valence-electron chi connectivity index (χ2n) is 6.24. The smallest absolute Gasteiger partial charge is 0.227 e. The van der Waals surface area contributed by atoms with Crippen LogP contribution in [0.1, 0.15) is 31.7 Å². The van der Waals surface area contributed by atoms with Crippen LogP contribution in [0.3, 0.4) is 0 Å². The third-order valence-corrected chi connectivity index (χ3v) is 4.87. The average molecular weight is 282 g/mol. The zero-order chi connectivity index (χ0) is 14.9. The number of hydrogen-bond acceptors (Lipinski definition) is 2. The molecule has 0 radical (unpaired) electrons. The first kappa shape index (κ1) is 14.1. The van der Waals surface area contributed by atoms with Gasteiger partial charge in [0.15, 0.2) is 0 Å². The average Bonchev–Trinajstić information content (AvgIpc) is 2.85. The number of rotatable bonds is 3. The van der Waals surface area contributed by atoms with E-state index in [9.17, 15) is 4.79 Å². The third-order valence-electron chi connectivity index (χ3n) is 4.87. The van der Waals surface area contributed by atoms with Crippen molar-refractivity contribution in [3.05, 3.63) is 48.0 Å². The van der Waals surface area contributed by atoms with Crippen LogP contribution in [0.2, 0.25) is 0 Å². The van der Waals surface area contributed by atoms with Gasteiger partial charge in [-0.2, -0.15) is 0 Å². The topological polar surface area (TPSA) is 55.1 Å². The Morgan fingerprint density at radius 2 is 2.05 bits per heavy atom. The Morgan fingerprint density at radius 1 is 1.29 bits per heavy atom. The summed E-state index contributed by atoms with van der Waals surface area (Å²) < 4.78 is 0. The van der Waals surface area contributed by atoms with Crippen molar-refractivity contribution in [1.82, 2.24) is 5.32 Å². The Balaban J connectivity index is 1.76. The summed E-state index contributed by atoms with van der Waals surface area (Å²) in [6.07, 6.45) is 2.87. The summed E-state index contributed by atoms with van der Waals surface area (Å²) in [6, 6.07) is 14.4. The van der Waals surface area contributed by atoms with Crippen LogP contribution in [0.5, 0.6) is 0 Å². The van der Waals surface area contributed by atoms with Gasteiger partial charge in [-0.3, -0.25) is 4.79 Å². The maximum atomic E-state index is 12.5. The van der Waals surface area contributed by atoms with Gasteiger partial charge in [0.25, 0.3) is 0 Å². The van der Waals surface area contributed by atoms with Gasteiger partial charge >= 0.3 is 0 Å². The van der Waals surface area contributed by atoms with Crippen LogP contribution in [0.4, 0.5) is 0 Å². The molecule has 110 valence electrons. The van der Waals surface area contributed by atoms with Crippen molar-refractivity contribution >= 4 is 16.7 Å². The lowest BCUT2D eigenvalue weighted by Gasteiger charge is -2.27. The Labute approximate surface area is 125 Å². The van der Waals surface area contributed by atoms with Crippen LogP contribution >= 0.6 is 0 Å². The molecule has 3 nitrogen and oxygen atoms in total. The van der Waals surface area contributed by atoms with Crippen molar-refractivity contribution in [1.29, 1.82) is 0 Å². The third kappa shape index (κ3) is 2.54. The molecular formula is C18H22N2O. The molecule has 2 unspecified atom stereocenters. The second kappa shape index (κ2) is 5.49. The molecule has 0 aliphatic heterocycles. The molecule has 1 saturated carbocycles. The molecule has 1 aliphatic carbocycles. The fraction of sp³-hybridized carbons (Fsp3) is 0.389. The number of benzene rings is 2. The highest BCUT2D eigenvalue weighted by Gasteiger charge is 2.42. The van der Waals surface area contributed by atoms with E-state index in [1.54, 1.807) is 0 Å². The van der Waals surface area contributed by atoms with Gasteiger partial charge < -0.3 is 11.1 Å². The first-order valence-corrected chi connectivity index (χ1v) is 7.62.